The topological polar surface area (TPSA) is 54.4 Å². The van der Waals surface area contributed by atoms with E-state index in [1.165, 1.54) is 11.6 Å². The molecule has 1 N–H and O–H groups in total. The summed E-state index contributed by atoms with van der Waals surface area (Å²) in [5, 5.41) is 9.10. The molecule has 0 saturated heterocycles. The minimum Gasteiger partial charge on any atom is -0.478 e. The highest BCUT2D eigenvalue weighted by molar-refractivity contribution is 6.13. The van der Waals surface area contributed by atoms with Crippen LogP contribution >= 0.6 is 0 Å². The third kappa shape index (κ3) is 3.09. The van der Waals surface area contributed by atoms with Crippen LogP contribution in [0.15, 0.2) is 48.0 Å². The highest BCUT2D eigenvalue weighted by Gasteiger charge is 2.23. The minimum atomic E-state index is -1.01. The van der Waals surface area contributed by atoms with E-state index >= 15 is 0 Å². The van der Waals surface area contributed by atoms with Crippen LogP contribution in [0, 0.1) is 0 Å². The summed E-state index contributed by atoms with van der Waals surface area (Å²) in [5.74, 6) is -1.07. The number of allylic oxidation sites excluding steroid dienone is 1. The first-order valence-electron chi connectivity index (χ1n) is 7.79. The zero-order valence-electron chi connectivity index (χ0n) is 13.0. The SMILES string of the molecule is CCc1ccc(C=C2CCc3ccc(C(=O)O)cc3C2=O)cc1. The number of carboxylic acid groups (broad SMARTS) is 1. The number of carbonyl (C=O) groups is 2. The third-order valence-corrected chi connectivity index (χ3v) is 4.29. The van der Waals surface area contributed by atoms with E-state index in [2.05, 4.69) is 19.1 Å². The second-order valence-electron chi connectivity index (χ2n) is 5.77. The lowest BCUT2D eigenvalue weighted by Crippen LogP contribution is -2.15. The van der Waals surface area contributed by atoms with E-state index < -0.39 is 5.97 Å². The van der Waals surface area contributed by atoms with Gasteiger partial charge in [-0.05, 0) is 54.2 Å². The molecule has 1 aliphatic carbocycles. The van der Waals surface area contributed by atoms with Crippen molar-refractivity contribution in [2.24, 2.45) is 0 Å². The Hall–Kier alpha value is -2.68. The molecule has 3 rings (SSSR count). The molecule has 0 saturated carbocycles. The van der Waals surface area contributed by atoms with E-state index in [9.17, 15) is 9.59 Å². The average molecular weight is 306 g/mol. The van der Waals surface area contributed by atoms with Gasteiger partial charge >= 0.3 is 5.97 Å². The fourth-order valence-electron chi connectivity index (χ4n) is 2.88. The lowest BCUT2D eigenvalue weighted by molar-refractivity contribution is 0.0697. The van der Waals surface area contributed by atoms with Gasteiger partial charge in [-0.3, -0.25) is 4.79 Å². The van der Waals surface area contributed by atoms with E-state index in [1.54, 1.807) is 12.1 Å². The maximum Gasteiger partial charge on any atom is 0.335 e. The molecule has 23 heavy (non-hydrogen) atoms. The summed E-state index contributed by atoms with van der Waals surface area (Å²) in [6.07, 6.45) is 4.35. The van der Waals surface area contributed by atoms with Crippen molar-refractivity contribution < 1.29 is 14.7 Å². The summed E-state index contributed by atoms with van der Waals surface area (Å²) < 4.78 is 0. The Kier molecular flexibility index (Phi) is 4.11. The standard InChI is InChI=1S/C20H18O3/c1-2-13-3-5-14(6-4-13)11-16-9-7-15-8-10-17(20(22)23)12-18(15)19(16)21/h3-6,8,10-12H,2,7,9H2,1H3,(H,22,23). The van der Waals surface area contributed by atoms with Gasteiger partial charge in [0.05, 0.1) is 5.56 Å². The normalized spacial score (nSPS) is 15.5. The van der Waals surface area contributed by atoms with Crippen molar-refractivity contribution in [3.63, 3.8) is 0 Å². The lowest BCUT2D eigenvalue weighted by atomic mass is 9.85. The fourth-order valence-corrected chi connectivity index (χ4v) is 2.88. The summed E-state index contributed by atoms with van der Waals surface area (Å²) >= 11 is 0. The summed E-state index contributed by atoms with van der Waals surface area (Å²) in [4.78, 5) is 23.8. The van der Waals surface area contributed by atoms with Crippen LogP contribution in [0.4, 0.5) is 0 Å². The summed E-state index contributed by atoms with van der Waals surface area (Å²) in [5.41, 5.74) is 4.61. The Labute approximate surface area is 135 Å². The predicted octanol–water partition coefficient (Wildman–Crippen LogP) is 4.16. The zero-order valence-corrected chi connectivity index (χ0v) is 13.0. The van der Waals surface area contributed by atoms with Gasteiger partial charge in [0.25, 0.3) is 0 Å². The molecular formula is C20H18O3. The molecule has 0 amide bonds. The van der Waals surface area contributed by atoms with Gasteiger partial charge in [0.15, 0.2) is 5.78 Å². The molecular weight excluding hydrogens is 288 g/mol. The van der Waals surface area contributed by atoms with Gasteiger partial charge in [0.1, 0.15) is 0 Å². The molecule has 2 aromatic rings. The molecule has 2 aromatic carbocycles. The minimum absolute atomic E-state index is 0.0612. The van der Waals surface area contributed by atoms with E-state index in [4.69, 9.17) is 5.11 Å². The molecule has 0 bridgehead atoms. The lowest BCUT2D eigenvalue weighted by Gasteiger charge is -2.18. The van der Waals surface area contributed by atoms with Crippen molar-refractivity contribution in [3.8, 4) is 0 Å². The van der Waals surface area contributed by atoms with E-state index in [1.807, 2.05) is 18.2 Å². The van der Waals surface area contributed by atoms with Crippen molar-refractivity contribution in [2.75, 3.05) is 0 Å². The monoisotopic (exact) mass is 306 g/mol. The van der Waals surface area contributed by atoms with E-state index in [0.717, 1.165) is 29.5 Å². The zero-order chi connectivity index (χ0) is 16.4. The molecule has 1 aliphatic rings. The number of hydrogen-bond donors (Lipinski definition) is 1. The van der Waals surface area contributed by atoms with Crippen LogP contribution < -0.4 is 0 Å². The smallest absolute Gasteiger partial charge is 0.335 e. The van der Waals surface area contributed by atoms with E-state index in [0.29, 0.717) is 12.0 Å². The van der Waals surface area contributed by atoms with Gasteiger partial charge in [-0.1, -0.05) is 37.3 Å². The molecule has 3 nitrogen and oxygen atoms in total. The van der Waals surface area contributed by atoms with Crippen LogP contribution in [-0.2, 0) is 12.8 Å². The molecule has 0 aromatic heterocycles. The van der Waals surface area contributed by atoms with Gasteiger partial charge in [0.2, 0.25) is 0 Å². The van der Waals surface area contributed by atoms with Crippen molar-refractivity contribution in [1.82, 2.24) is 0 Å². The maximum atomic E-state index is 12.7. The number of benzene rings is 2. The number of carbonyl (C=O) groups excluding carboxylic acids is 1. The number of fused-ring (bicyclic) bond motifs is 1. The van der Waals surface area contributed by atoms with Gasteiger partial charge in [-0.2, -0.15) is 0 Å². The highest BCUT2D eigenvalue weighted by Crippen LogP contribution is 2.27. The number of rotatable bonds is 3. The Bertz CT molecular complexity index is 798. The highest BCUT2D eigenvalue weighted by atomic mass is 16.4. The molecule has 0 unspecified atom stereocenters. The number of aryl methyl sites for hydroxylation is 2. The average Bonchev–Trinajstić information content (AvgIpc) is 2.58. The molecule has 0 spiro atoms. The van der Waals surface area contributed by atoms with Crippen LogP contribution in [-0.4, -0.2) is 16.9 Å². The number of carboxylic acids is 1. The summed E-state index contributed by atoms with van der Waals surface area (Å²) in [6.45, 7) is 2.11. The summed E-state index contributed by atoms with van der Waals surface area (Å²) in [6, 6.07) is 13.0. The first kappa shape index (κ1) is 15.2. The van der Waals surface area contributed by atoms with Crippen LogP contribution in [0.25, 0.3) is 6.08 Å². The molecule has 0 radical (unpaired) electrons. The van der Waals surface area contributed by atoms with Crippen molar-refractivity contribution in [3.05, 3.63) is 75.9 Å². The molecule has 0 fully saturated rings. The maximum absolute atomic E-state index is 12.7. The van der Waals surface area contributed by atoms with Crippen molar-refractivity contribution in [2.45, 2.75) is 26.2 Å². The third-order valence-electron chi connectivity index (χ3n) is 4.29. The van der Waals surface area contributed by atoms with Crippen LogP contribution in [0.1, 0.15) is 50.8 Å². The second kappa shape index (κ2) is 6.21. The molecule has 0 atom stereocenters. The molecule has 116 valence electrons. The second-order valence-corrected chi connectivity index (χ2v) is 5.77. The predicted molar refractivity (Wildman–Crippen MR) is 89.8 cm³/mol. The number of hydrogen-bond acceptors (Lipinski definition) is 2. The quantitative estimate of drug-likeness (QED) is 0.866. The van der Waals surface area contributed by atoms with Crippen LogP contribution in [0.5, 0.6) is 0 Å². The Morgan fingerprint density at radius 1 is 1.13 bits per heavy atom. The first-order valence-corrected chi connectivity index (χ1v) is 7.79. The van der Waals surface area contributed by atoms with Gasteiger partial charge in [-0.25, -0.2) is 4.79 Å². The fraction of sp³-hybridized carbons (Fsp3) is 0.200. The van der Waals surface area contributed by atoms with Gasteiger partial charge < -0.3 is 5.11 Å². The number of aromatic carboxylic acids is 1. The molecule has 0 aliphatic heterocycles. The number of Topliss-reactive ketones (excluding diaryl/α,β-unsaturated/α-hetero) is 1. The van der Waals surface area contributed by atoms with Crippen molar-refractivity contribution in [1.29, 1.82) is 0 Å². The van der Waals surface area contributed by atoms with E-state index in [-0.39, 0.29) is 11.3 Å². The summed E-state index contributed by atoms with van der Waals surface area (Å²) in [7, 11) is 0. The number of ketones is 1. The van der Waals surface area contributed by atoms with Crippen molar-refractivity contribution >= 4 is 17.8 Å². The first-order chi connectivity index (χ1) is 11.1. The van der Waals surface area contributed by atoms with Gasteiger partial charge in [0, 0.05) is 11.1 Å². The largest absolute Gasteiger partial charge is 0.478 e. The van der Waals surface area contributed by atoms with Gasteiger partial charge in [-0.15, -0.1) is 0 Å². The Balaban J connectivity index is 1.94. The van der Waals surface area contributed by atoms with Crippen LogP contribution in [0.2, 0.25) is 0 Å². The van der Waals surface area contributed by atoms with Crippen LogP contribution in [0.3, 0.4) is 0 Å². The molecule has 0 heterocycles. The Morgan fingerprint density at radius 3 is 2.52 bits per heavy atom. The molecule has 3 heteroatoms. The Morgan fingerprint density at radius 2 is 1.87 bits per heavy atom.